The number of rotatable bonds is 7. The first-order chi connectivity index (χ1) is 7.40. The molecule has 0 saturated carbocycles. The maximum absolute atomic E-state index is 11.4. The molecule has 1 amide bonds. The summed E-state index contributed by atoms with van der Waals surface area (Å²) in [5.41, 5.74) is 0.507. The molecule has 0 fully saturated rings. The normalized spacial score (nSPS) is 11.9. The fourth-order valence-corrected chi connectivity index (χ4v) is 1.50. The second-order valence-corrected chi connectivity index (χ2v) is 4.09. The Morgan fingerprint density at radius 1 is 1.44 bits per heavy atom. The average Bonchev–Trinajstić information content (AvgIpc) is 2.22. The molecule has 4 heteroatoms. The Hall–Kier alpha value is -1.32. The summed E-state index contributed by atoms with van der Waals surface area (Å²) in [7, 11) is 1.71. The second kappa shape index (κ2) is 7.04. The summed E-state index contributed by atoms with van der Waals surface area (Å²) in [6, 6.07) is 0. The number of aliphatic carboxylic acids is 1. The van der Waals surface area contributed by atoms with Crippen LogP contribution in [0.4, 0.5) is 0 Å². The number of hydrogen-bond donors (Lipinski definition) is 1. The van der Waals surface area contributed by atoms with Crippen molar-refractivity contribution in [2.45, 2.75) is 33.1 Å². The first kappa shape index (κ1) is 14.7. The third kappa shape index (κ3) is 4.96. The highest BCUT2D eigenvalue weighted by Gasteiger charge is 2.15. The molecule has 0 bridgehead atoms. The van der Waals surface area contributed by atoms with E-state index < -0.39 is 5.97 Å². The molecular formula is C12H21NO3. The number of hydrogen-bond acceptors (Lipinski definition) is 2. The van der Waals surface area contributed by atoms with E-state index in [1.807, 2.05) is 6.92 Å². The van der Waals surface area contributed by atoms with E-state index in [0.29, 0.717) is 31.4 Å². The van der Waals surface area contributed by atoms with Gasteiger partial charge in [-0.25, -0.2) is 0 Å². The van der Waals surface area contributed by atoms with Crippen LogP contribution in [0.1, 0.15) is 33.1 Å². The van der Waals surface area contributed by atoms with Gasteiger partial charge in [0.15, 0.2) is 0 Å². The van der Waals surface area contributed by atoms with Crippen LogP contribution >= 0.6 is 0 Å². The van der Waals surface area contributed by atoms with Gasteiger partial charge in [0.05, 0.1) is 5.92 Å². The fourth-order valence-electron chi connectivity index (χ4n) is 1.50. The molecule has 16 heavy (non-hydrogen) atoms. The smallest absolute Gasteiger partial charge is 0.306 e. The zero-order valence-corrected chi connectivity index (χ0v) is 10.3. The van der Waals surface area contributed by atoms with Crippen LogP contribution in [0.2, 0.25) is 0 Å². The van der Waals surface area contributed by atoms with E-state index in [4.69, 9.17) is 5.11 Å². The minimum absolute atomic E-state index is 0.0802. The SMILES string of the molecule is C=C(C)C(=O)N(C)CCCC(CC)C(=O)O. The molecule has 0 aromatic rings. The average molecular weight is 227 g/mol. The van der Waals surface area contributed by atoms with Crippen molar-refractivity contribution in [3.63, 3.8) is 0 Å². The Labute approximate surface area is 96.9 Å². The van der Waals surface area contributed by atoms with Gasteiger partial charge in [0.1, 0.15) is 0 Å². The van der Waals surface area contributed by atoms with Gasteiger partial charge in [-0.3, -0.25) is 9.59 Å². The topological polar surface area (TPSA) is 57.6 Å². The highest BCUT2D eigenvalue weighted by molar-refractivity contribution is 5.91. The van der Waals surface area contributed by atoms with E-state index in [1.165, 1.54) is 0 Å². The van der Waals surface area contributed by atoms with Gasteiger partial charge in [0.2, 0.25) is 5.91 Å². The van der Waals surface area contributed by atoms with Crippen LogP contribution in [0.5, 0.6) is 0 Å². The van der Waals surface area contributed by atoms with Crippen LogP contribution in [0.15, 0.2) is 12.2 Å². The molecule has 4 nitrogen and oxygen atoms in total. The summed E-state index contributed by atoms with van der Waals surface area (Å²) in [4.78, 5) is 23.8. The fraction of sp³-hybridized carbons (Fsp3) is 0.667. The minimum Gasteiger partial charge on any atom is -0.481 e. The zero-order chi connectivity index (χ0) is 12.7. The number of carbonyl (C=O) groups is 2. The van der Waals surface area contributed by atoms with Gasteiger partial charge in [0, 0.05) is 19.2 Å². The molecule has 0 rings (SSSR count). The van der Waals surface area contributed by atoms with Crippen molar-refractivity contribution in [3.8, 4) is 0 Å². The van der Waals surface area contributed by atoms with Crippen molar-refractivity contribution >= 4 is 11.9 Å². The quantitative estimate of drug-likeness (QED) is 0.676. The lowest BCUT2D eigenvalue weighted by molar-refractivity contribution is -0.142. The van der Waals surface area contributed by atoms with Gasteiger partial charge in [-0.05, 0) is 26.2 Å². The summed E-state index contributed by atoms with van der Waals surface area (Å²) in [6.45, 7) is 7.69. The molecule has 0 radical (unpaired) electrons. The van der Waals surface area contributed by atoms with Crippen molar-refractivity contribution in [1.29, 1.82) is 0 Å². The Bertz CT molecular complexity index is 273. The first-order valence-corrected chi connectivity index (χ1v) is 5.53. The maximum atomic E-state index is 11.4. The van der Waals surface area contributed by atoms with Crippen molar-refractivity contribution in [1.82, 2.24) is 4.90 Å². The van der Waals surface area contributed by atoms with Gasteiger partial charge >= 0.3 is 5.97 Å². The van der Waals surface area contributed by atoms with Crippen LogP contribution in [-0.2, 0) is 9.59 Å². The van der Waals surface area contributed by atoms with Gasteiger partial charge in [-0.15, -0.1) is 0 Å². The second-order valence-electron chi connectivity index (χ2n) is 4.09. The van der Waals surface area contributed by atoms with Gasteiger partial charge in [-0.2, -0.15) is 0 Å². The summed E-state index contributed by atoms with van der Waals surface area (Å²) in [5, 5.41) is 8.84. The molecule has 0 saturated heterocycles. The van der Waals surface area contributed by atoms with Crippen molar-refractivity contribution in [3.05, 3.63) is 12.2 Å². The number of likely N-dealkylation sites (N-methyl/N-ethyl adjacent to an activating group) is 1. The first-order valence-electron chi connectivity index (χ1n) is 5.53. The van der Waals surface area contributed by atoms with E-state index in [-0.39, 0.29) is 11.8 Å². The lowest BCUT2D eigenvalue weighted by Gasteiger charge is -2.18. The summed E-state index contributed by atoms with van der Waals surface area (Å²) in [6.07, 6.45) is 1.95. The van der Waals surface area contributed by atoms with Crippen LogP contribution in [-0.4, -0.2) is 35.5 Å². The van der Waals surface area contributed by atoms with Gasteiger partial charge < -0.3 is 10.0 Å². The summed E-state index contributed by atoms with van der Waals surface area (Å²) in [5.74, 6) is -1.13. The number of carboxylic acids is 1. The Kier molecular flexibility index (Phi) is 6.46. The molecule has 0 aromatic heterocycles. The summed E-state index contributed by atoms with van der Waals surface area (Å²) >= 11 is 0. The van der Waals surface area contributed by atoms with E-state index >= 15 is 0 Å². The Balaban J connectivity index is 3.93. The predicted molar refractivity (Wildman–Crippen MR) is 63.1 cm³/mol. The predicted octanol–water partition coefficient (Wildman–Crippen LogP) is 1.91. The van der Waals surface area contributed by atoms with E-state index in [0.717, 1.165) is 0 Å². The van der Waals surface area contributed by atoms with Crippen LogP contribution < -0.4 is 0 Å². The molecule has 1 unspecified atom stereocenters. The van der Waals surface area contributed by atoms with Crippen LogP contribution in [0.3, 0.4) is 0 Å². The largest absolute Gasteiger partial charge is 0.481 e. The standard InChI is InChI=1S/C12H21NO3/c1-5-10(12(15)16)7-6-8-13(4)11(14)9(2)3/h10H,2,5-8H2,1,3-4H3,(H,15,16). The van der Waals surface area contributed by atoms with Gasteiger partial charge in [0.25, 0.3) is 0 Å². The third-order valence-corrected chi connectivity index (χ3v) is 2.60. The molecular weight excluding hydrogens is 206 g/mol. The van der Waals surface area contributed by atoms with Crippen LogP contribution in [0, 0.1) is 5.92 Å². The van der Waals surface area contributed by atoms with Crippen LogP contribution in [0.25, 0.3) is 0 Å². The molecule has 0 spiro atoms. The van der Waals surface area contributed by atoms with Gasteiger partial charge in [-0.1, -0.05) is 13.5 Å². The minimum atomic E-state index is -0.753. The molecule has 0 heterocycles. The molecule has 0 aliphatic heterocycles. The van der Waals surface area contributed by atoms with Crippen molar-refractivity contribution in [2.24, 2.45) is 5.92 Å². The maximum Gasteiger partial charge on any atom is 0.306 e. The zero-order valence-electron chi connectivity index (χ0n) is 10.3. The summed E-state index contributed by atoms with van der Waals surface area (Å²) < 4.78 is 0. The molecule has 0 aromatic carbocycles. The number of carbonyl (C=O) groups excluding carboxylic acids is 1. The Morgan fingerprint density at radius 2 is 2.00 bits per heavy atom. The van der Waals surface area contributed by atoms with E-state index in [1.54, 1.807) is 18.9 Å². The number of nitrogens with zero attached hydrogens (tertiary/aromatic N) is 1. The highest BCUT2D eigenvalue weighted by atomic mass is 16.4. The Morgan fingerprint density at radius 3 is 2.38 bits per heavy atom. The molecule has 1 N–H and O–H groups in total. The number of carboxylic acid groups (broad SMARTS) is 1. The highest BCUT2D eigenvalue weighted by Crippen LogP contribution is 2.11. The van der Waals surface area contributed by atoms with Crippen molar-refractivity contribution < 1.29 is 14.7 Å². The lowest BCUT2D eigenvalue weighted by atomic mass is 10.0. The third-order valence-electron chi connectivity index (χ3n) is 2.60. The monoisotopic (exact) mass is 227 g/mol. The van der Waals surface area contributed by atoms with E-state index in [9.17, 15) is 9.59 Å². The molecule has 92 valence electrons. The van der Waals surface area contributed by atoms with E-state index in [2.05, 4.69) is 6.58 Å². The van der Waals surface area contributed by atoms with Crippen molar-refractivity contribution in [2.75, 3.05) is 13.6 Å². The molecule has 0 aliphatic carbocycles. The lowest BCUT2D eigenvalue weighted by Crippen LogP contribution is -2.28. The molecule has 1 atom stereocenters. The molecule has 0 aliphatic rings. The number of amides is 1.